The number of anilines is 1. The van der Waals surface area contributed by atoms with Gasteiger partial charge in [-0.1, -0.05) is 18.2 Å². The topological polar surface area (TPSA) is 62.2 Å². The van der Waals surface area contributed by atoms with E-state index in [4.69, 9.17) is 0 Å². The van der Waals surface area contributed by atoms with Gasteiger partial charge >= 0.3 is 0 Å². The van der Waals surface area contributed by atoms with E-state index >= 15 is 0 Å². The number of carbonyl (C=O) groups is 1. The Morgan fingerprint density at radius 2 is 1.69 bits per heavy atom. The van der Waals surface area contributed by atoms with Crippen LogP contribution >= 0.6 is 11.3 Å². The first-order valence-corrected chi connectivity index (χ1v) is 9.38. The fourth-order valence-corrected chi connectivity index (χ4v) is 4.03. The Morgan fingerprint density at radius 3 is 2.38 bits per heavy atom. The van der Waals surface area contributed by atoms with Gasteiger partial charge in [-0.3, -0.25) is 4.79 Å². The van der Waals surface area contributed by atoms with Crippen molar-refractivity contribution in [2.24, 2.45) is 0 Å². The predicted molar refractivity (Wildman–Crippen MR) is 102 cm³/mol. The molecule has 0 unspecified atom stereocenters. The van der Waals surface area contributed by atoms with Crippen LogP contribution in [0.15, 0.2) is 48.8 Å². The first kappa shape index (κ1) is 16.7. The van der Waals surface area contributed by atoms with Crippen LogP contribution in [0.25, 0.3) is 10.8 Å². The van der Waals surface area contributed by atoms with Gasteiger partial charge in [0.15, 0.2) is 10.8 Å². The third-order valence-corrected chi connectivity index (χ3v) is 5.58. The molecule has 1 aromatic carbocycles. The fourth-order valence-electron chi connectivity index (χ4n) is 3.05. The molecule has 2 aromatic heterocycles. The maximum Gasteiger partial charge on any atom is 0.265 e. The third-order valence-electron chi connectivity index (χ3n) is 4.44. The van der Waals surface area contributed by atoms with Gasteiger partial charge in [0.2, 0.25) is 0 Å². The van der Waals surface area contributed by atoms with Crippen molar-refractivity contribution in [1.82, 2.24) is 19.9 Å². The molecule has 1 fully saturated rings. The monoisotopic (exact) mass is 365 g/mol. The van der Waals surface area contributed by atoms with Crippen LogP contribution in [0.2, 0.25) is 0 Å². The number of hydrogen-bond donors (Lipinski definition) is 0. The smallest absolute Gasteiger partial charge is 0.265 e. The van der Waals surface area contributed by atoms with Crippen LogP contribution in [-0.4, -0.2) is 51.9 Å². The largest absolute Gasteiger partial charge is 0.368 e. The van der Waals surface area contributed by atoms with Gasteiger partial charge in [-0.15, -0.1) is 11.3 Å². The highest BCUT2D eigenvalue weighted by molar-refractivity contribution is 7.17. The quantitative estimate of drug-likeness (QED) is 0.714. The van der Waals surface area contributed by atoms with Gasteiger partial charge in [0.1, 0.15) is 4.88 Å². The van der Waals surface area contributed by atoms with Crippen molar-refractivity contribution in [3.8, 4) is 10.8 Å². The number of benzene rings is 1. The van der Waals surface area contributed by atoms with Crippen LogP contribution in [0, 0.1) is 6.92 Å². The van der Waals surface area contributed by atoms with E-state index in [1.165, 1.54) is 17.0 Å². The average Bonchev–Trinajstić information content (AvgIpc) is 3.10. The SMILES string of the molecule is Cc1nc(-c2ncccn2)sc1C(=O)N1CCN(c2ccccc2)CC1. The Hall–Kier alpha value is -2.80. The molecular formula is C19H19N5OS. The Kier molecular flexibility index (Phi) is 4.62. The molecule has 1 saturated heterocycles. The number of carbonyl (C=O) groups excluding carboxylic acids is 1. The average molecular weight is 365 g/mol. The van der Waals surface area contributed by atoms with Gasteiger partial charge in [-0.25, -0.2) is 15.0 Å². The molecule has 1 amide bonds. The molecule has 0 saturated carbocycles. The molecule has 4 rings (SSSR count). The summed E-state index contributed by atoms with van der Waals surface area (Å²) in [5.41, 5.74) is 1.95. The molecule has 3 aromatic rings. The van der Waals surface area contributed by atoms with E-state index in [-0.39, 0.29) is 5.91 Å². The van der Waals surface area contributed by atoms with E-state index in [0.717, 1.165) is 18.8 Å². The molecule has 0 N–H and O–H groups in total. The first-order valence-electron chi connectivity index (χ1n) is 8.56. The molecule has 6 nitrogen and oxygen atoms in total. The minimum absolute atomic E-state index is 0.0508. The number of piperazine rings is 1. The lowest BCUT2D eigenvalue weighted by Crippen LogP contribution is -2.48. The van der Waals surface area contributed by atoms with Crippen LogP contribution in [0.4, 0.5) is 5.69 Å². The zero-order valence-electron chi connectivity index (χ0n) is 14.5. The standard InChI is InChI=1S/C19H19N5OS/c1-14-16(26-18(22-14)17-20-8-5-9-21-17)19(25)24-12-10-23(11-13-24)15-6-3-2-4-7-15/h2-9H,10-13H2,1H3. The second-order valence-electron chi connectivity index (χ2n) is 6.12. The zero-order chi connectivity index (χ0) is 17.9. The zero-order valence-corrected chi connectivity index (χ0v) is 15.3. The van der Waals surface area contributed by atoms with Gasteiger partial charge in [-0.2, -0.15) is 0 Å². The van der Waals surface area contributed by atoms with Crippen LogP contribution in [0.1, 0.15) is 15.4 Å². The number of aryl methyl sites for hydroxylation is 1. The molecule has 0 bridgehead atoms. The molecule has 3 heterocycles. The lowest BCUT2D eigenvalue weighted by molar-refractivity contribution is 0.0750. The Balaban J connectivity index is 1.47. The molecule has 0 aliphatic carbocycles. The number of thiazole rings is 1. The highest BCUT2D eigenvalue weighted by Crippen LogP contribution is 2.27. The Labute approximate surface area is 156 Å². The molecule has 0 radical (unpaired) electrons. The molecular weight excluding hydrogens is 346 g/mol. The van der Waals surface area contributed by atoms with Crippen molar-refractivity contribution in [3.63, 3.8) is 0 Å². The van der Waals surface area contributed by atoms with Gasteiger partial charge in [-0.05, 0) is 25.1 Å². The van der Waals surface area contributed by atoms with Crippen molar-refractivity contribution in [2.75, 3.05) is 31.1 Å². The van der Waals surface area contributed by atoms with Crippen molar-refractivity contribution < 1.29 is 4.79 Å². The summed E-state index contributed by atoms with van der Waals surface area (Å²) in [5.74, 6) is 0.614. The fraction of sp³-hybridized carbons (Fsp3) is 0.263. The molecule has 1 aliphatic heterocycles. The molecule has 0 spiro atoms. The minimum Gasteiger partial charge on any atom is -0.368 e. The number of hydrogen-bond acceptors (Lipinski definition) is 6. The summed E-state index contributed by atoms with van der Waals surface area (Å²) in [6, 6.07) is 12.1. The van der Waals surface area contributed by atoms with E-state index in [1.54, 1.807) is 18.5 Å². The number of rotatable bonds is 3. The first-order chi connectivity index (χ1) is 12.7. The Bertz CT molecular complexity index is 889. The molecule has 0 atom stereocenters. The van der Waals surface area contributed by atoms with Gasteiger partial charge in [0.25, 0.3) is 5.91 Å². The second kappa shape index (κ2) is 7.21. The molecule has 7 heteroatoms. The van der Waals surface area contributed by atoms with Crippen LogP contribution in [0.3, 0.4) is 0 Å². The summed E-state index contributed by atoms with van der Waals surface area (Å²) in [6.45, 7) is 4.96. The summed E-state index contributed by atoms with van der Waals surface area (Å²) in [7, 11) is 0. The van der Waals surface area contributed by atoms with Crippen molar-refractivity contribution >= 4 is 22.9 Å². The van der Waals surface area contributed by atoms with Crippen LogP contribution < -0.4 is 4.90 Å². The molecule has 132 valence electrons. The van der Waals surface area contributed by atoms with Crippen LogP contribution in [-0.2, 0) is 0 Å². The van der Waals surface area contributed by atoms with Crippen molar-refractivity contribution in [1.29, 1.82) is 0 Å². The minimum atomic E-state index is 0.0508. The van der Waals surface area contributed by atoms with Crippen LogP contribution in [0.5, 0.6) is 0 Å². The van der Waals surface area contributed by atoms with Gasteiger partial charge in [0, 0.05) is 44.3 Å². The maximum atomic E-state index is 12.9. The Morgan fingerprint density at radius 1 is 1.00 bits per heavy atom. The van der Waals surface area contributed by atoms with E-state index in [0.29, 0.717) is 28.8 Å². The van der Waals surface area contributed by atoms with E-state index in [1.807, 2.05) is 30.0 Å². The van der Waals surface area contributed by atoms with E-state index in [9.17, 15) is 4.79 Å². The molecule has 26 heavy (non-hydrogen) atoms. The number of amides is 1. The number of para-hydroxylation sites is 1. The third kappa shape index (κ3) is 3.30. The maximum absolute atomic E-state index is 12.9. The summed E-state index contributed by atoms with van der Waals surface area (Å²) < 4.78 is 0. The second-order valence-corrected chi connectivity index (χ2v) is 7.12. The van der Waals surface area contributed by atoms with Gasteiger partial charge in [0.05, 0.1) is 5.69 Å². The van der Waals surface area contributed by atoms with Gasteiger partial charge < -0.3 is 9.80 Å². The summed E-state index contributed by atoms with van der Waals surface area (Å²) in [4.78, 5) is 30.8. The summed E-state index contributed by atoms with van der Waals surface area (Å²) in [5, 5.41) is 0.689. The van der Waals surface area contributed by atoms with Crippen molar-refractivity contribution in [3.05, 3.63) is 59.4 Å². The van der Waals surface area contributed by atoms with E-state index in [2.05, 4.69) is 32.0 Å². The predicted octanol–water partition coefficient (Wildman–Crippen LogP) is 2.87. The highest BCUT2D eigenvalue weighted by atomic mass is 32.1. The highest BCUT2D eigenvalue weighted by Gasteiger charge is 2.26. The number of aromatic nitrogens is 3. The van der Waals surface area contributed by atoms with E-state index < -0.39 is 0 Å². The lowest BCUT2D eigenvalue weighted by atomic mass is 10.2. The summed E-state index contributed by atoms with van der Waals surface area (Å²) in [6.07, 6.45) is 3.37. The molecule has 1 aliphatic rings. The van der Waals surface area contributed by atoms with Crippen molar-refractivity contribution in [2.45, 2.75) is 6.92 Å². The normalized spacial score (nSPS) is 14.5. The summed E-state index contributed by atoms with van der Waals surface area (Å²) >= 11 is 1.37. The number of nitrogens with zero attached hydrogens (tertiary/aromatic N) is 5. The lowest BCUT2D eigenvalue weighted by Gasteiger charge is -2.36.